The van der Waals surface area contributed by atoms with Crippen LogP contribution >= 0.6 is 0 Å². The van der Waals surface area contributed by atoms with Crippen molar-refractivity contribution < 1.29 is 40.7 Å². The van der Waals surface area contributed by atoms with Crippen molar-refractivity contribution in [2.24, 2.45) is 5.92 Å². The Bertz CT molecular complexity index is 1470. The van der Waals surface area contributed by atoms with E-state index >= 15 is 4.39 Å². The molecule has 4 N–H and O–H groups in total. The minimum absolute atomic E-state index is 0.0352. The van der Waals surface area contributed by atoms with Crippen molar-refractivity contribution in [1.82, 2.24) is 25.6 Å². The van der Waals surface area contributed by atoms with Crippen LogP contribution in [0.25, 0.3) is 11.2 Å². The summed E-state index contributed by atoms with van der Waals surface area (Å²) in [6.07, 6.45) is -4.26. The van der Waals surface area contributed by atoms with Crippen LogP contribution in [-0.4, -0.2) is 52.3 Å². The van der Waals surface area contributed by atoms with Gasteiger partial charge >= 0.3 is 0 Å². The van der Waals surface area contributed by atoms with E-state index in [-0.39, 0.29) is 53.2 Å². The van der Waals surface area contributed by atoms with Gasteiger partial charge in [-0.05, 0) is 44.7 Å². The number of nitrogens with one attached hydrogen (secondary N) is 4. The number of nitrogens with zero attached hydrogens (tertiary/aromatic N) is 2. The fourth-order valence-corrected chi connectivity index (χ4v) is 4.47. The number of anilines is 2. The monoisotopic (exact) mass is 598 g/mol. The molecule has 1 aromatic carbocycles. The Morgan fingerprint density at radius 3 is 2.48 bits per heavy atom. The molecule has 0 atom stereocenters. The number of amides is 2. The Morgan fingerprint density at radius 1 is 1.12 bits per heavy atom. The quantitative estimate of drug-likeness (QED) is 0.174. The maximum absolute atomic E-state index is 15.1. The van der Waals surface area contributed by atoms with Crippen LogP contribution in [0.5, 0.6) is 5.88 Å². The lowest BCUT2D eigenvalue weighted by Gasteiger charge is -2.28. The van der Waals surface area contributed by atoms with E-state index in [4.69, 9.17) is 4.74 Å². The number of aromatic nitrogens is 3. The highest BCUT2D eigenvalue weighted by Crippen LogP contribution is 2.31. The number of halogens is 6. The Morgan fingerprint density at radius 2 is 1.83 bits per heavy atom. The first-order chi connectivity index (χ1) is 19.9. The molecular formula is C27H28F6N6O3. The second kappa shape index (κ2) is 13.1. The molecule has 0 spiro atoms. The van der Waals surface area contributed by atoms with E-state index in [0.29, 0.717) is 12.8 Å². The maximum atomic E-state index is 15.1. The highest BCUT2D eigenvalue weighted by Gasteiger charge is 2.29. The third-order valence-electron chi connectivity index (χ3n) is 6.73. The summed E-state index contributed by atoms with van der Waals surface area (Å²) in [6, 6.07) is 2.94. The zero-order valence-electron chi connectivity index (χ0n) is 22.4. The number of ether oxygens (including phenoxy) is 1. The lowest BCUT2D eigenvalue weighted by atomic mass is 9.86. The highest BCUT2D eigenvalue weighted by atomic mass is 19.3. The largest absolute Gasteiger partial charge is 0.471 e. The molecule has 2 amide bonds. The average Bonchev–Trinajstić information content (AvgIpc) is 3.34. The molecule has 0 saturated heterocycles. The van der Waals surface area contributed by atoms with Crippen LogP contribution in [0.4, 0.5) is 38.0 Å². The number of aromatic amines is 1. The Balaban J connectivity index is 1.57. The lowest BCUT2D eigenvalue weighted by molar-refractivity contribution is -0.117. The first-order valence-electron chi connectivity index (χ1n) is 13.0. The van der Waals surface area contributed by atoms with Gasteiger partial charge in [-0.2, -0.15) is 4.98 Å². The first-order valence-corrected chi connectivity index (χ1v) is 13.0. The van der Waals surface area contributed by atoms with E-state index in [9.17, 15) is 31.5 Å². The fraction of sp³-hybridized carbons (Fsp3) is 0.407. The minimum Gasteiger partial charge on any atom is -0.471 e. The van der Waals surface area contributed by atoms with Crippen molar-refractivity contribution in [1.29, 1.82) is 0 Å². The summed E-state index contributed by atoms with van der Waals surface area (Å²) in [5.74, 6) is -4.60. The van der Waals surface area contributed by atoms with Crippen LogP contribution in [0, 0.1) is 17.6 Å². The van der Waals surface area contributed by atoms with Gasteiger partial charge in [0, 0.05) is 29.6 Å². The van der Waals surface area contributed by atoms with Crippen LogP contribution in [0.2, 0.25) is 0 Å². The SMILES string of the molecule is C=C(C)C(=O)NCc1ccc(F)c(Nc2nc3cc(C(=O)N[C@H]4CC[C@H](C(F)F)CC4)c(OCC(F)F)nc3[nH]2)c1F. The van der Waals surface area contributed by atoms with Crippen molar-refractivity contribution in [3.8, 4) is 5.88 Å². The summed E-state index contributed by atoms with van der Waals surface area (Å²) in [5, 5.41) is 7.62. The Kier molecular flexibility index (Phi) is 9.58. The van der Waals surface area contributed by atoms with E-state index in [1.54, 1.807) is 0 Å². The van der Waals surface area contributed by atoms with Gasteiger partial charge in [-0.1, -0.05) is 12.6 Å². The number of fused-ring (bicyclic) bond motifs is 1. The summed E-state index contributed by atoms with van der Waals surface area (Å²) in [4.78, 5) is 35.7. The molecule has 15 heteroatoms. The summed E-state index contributed by atoms with van der Waals surface area (Å²) in [7, 11) is 0. The predicted molar refractivity (Wildman–Crippen MR) is 141 cm³/mol. The molecule has 1 aliphatic rings. The highest BCUT2D eigenvalue weighted by molar-refractivity contribution is 5.99. The average molecular weight is 599 g/mol. The van der Waals surface area contributed by atoms with E-state index in [1.165, 1.54) is 13.0 Å². The molecule has 1 saturated carbocycles. The van der Waals surface area contributed by atoms with E-state index in [0.717, 1.165) is 12.1 Å². The van der Waals surface area contributed by atoms with Gasteiger partial charge in [0.2, 0.25) is 24.2 Å². The standard InChI is InChI=1S/C27H28F6N6O3/c1-12(2)24(40)34-10-14-5-8-17(28)21(20(14)31)37-27-36-18-9-16(26(38-23(18)39-27)42-11-19(29)30)25(41)35-15-6-3-13(4-7-15)22(32)33/h5,8-9,13,15,19,22H,1,3-4,6-7,10-11H2,2H3,(H,34,40)(H,35,41)(H2,36,37,38,39)/t13-,15-. The van der Waals surface area contributed by atoms with Gasteiger partial charge in [0.25, 0.3) is 12.3 Å². The molecule has 42 heavy (non-hydrogen) atoms. The Hall–Kier alpha value is -4.30. The van der Waals surface area contributed by atoms with Crippen molar-refractivity contribution in [3.63, 3.8) is 0 Å². The van der Waals surface area contributed by atoms with Crippen molar-refractivity contribution in [2.75, 3.05) is 11.9 Å². The number of pyridine rings is 1. The zero-order valence-corrected chi connectivity index (χ0v) is 22.4. The number of carbonyl (C=O) groups is 2. The second-order valence-electron chi connectivity index (χ2n) is 9.90. The molecular weight excluding hydrogens is 570 g/mol. The molecule has 4 rings (SSSR count). The molecule has 1 fully saturated rings. The number of hydrogen-bond acceptors (Lipinski definition) is 6. The normalized spacial score (nSPS) is 17.0. The smallest absolute Gasteiger partial charge is 0.272 e. The third-order valence-corrected chi connectivity index (χ3v) is 6.73. The first kappa shape index (κ1) is 30.7. The van der Waals surface area contributed by atoms with Gasteiger partial charge in [-0.3, -0.25) is 9.59 Å². The molecule has 2 aromatic heterocycles. The van der Waals surface area contributed by atoms with Crippen LogP contribution in [0.3, 0.4) is 0 Å². The minimum atomic E-state index is -2.87. The number of carbonyl (C=O) groups excluding carboxylic acids is 2. The number of hydrogen-bond donors (Lipinski definition) is 4. The summed E-state index contributed by atoms with van der Waals surface area (Å²) in [6.45, 7) is 3.64. The van der Waals surface area contributed by atoms with Crippen LogP contribution in [0.1, 0.15) is 48.5 Å². The molecule has 3 aromatic rings. The van der Waals surface area contributed by atoms with Crippen LogP contribution in [0.15, 0.2) is 30.4 Å². The summed E-state index contributed by atoms with van der Waals surface area (Å²) in [5.41, 5.74) is -0.658. The number of H-pyrrole nitrogens is 1. The molecule has 0 aliphatic heterocycles. The van der Waals surface area contributed by atoms with Crippen molar-refractivity contribution in [2.45, 2.75) is 58.0 Å². The third kappa shape index (κ3) is 7.31. The van der Waals surface area contributed by atoms with Gasteiger partial charge < -0.3 is 25.7 Å². The predicted octanol–water partition coefficient (Wildman–Crippen LogP) is 5.37. The van der Waals surface area contributed by atoms with Crippen molar-refractivity contribution >= 4 is 34.6 Å². The summed E-state index contributed by atoms with van der Waals surface area (Å²) >= 11 is 0. The molecule has 0 unspecified atom stereocenters. The number of benzene rings is 1. The van der Waals surface area contributed by atoms with Crippen molar-refractivity contribution in [3.05, 3.63) is 53.1 Å². The van der Waals surface area contributed by atoms with Gasteiger partial charge in [0.15, 0.2) is 18.1 Å². The van der Waals surface area contributed by atoms with Gasteiger partial charge in [0.1, 0.15) is 22.6 Å². The number of imidazole rings is 1. The maximum Gasteiger partial charge on any atom is 0.272 e. The van der Waals surface area contributed by atoms with E-state index in [2.05, 4.69) is 37.5 Å². The lowest BCUT2D eigenvalue weighted by Crippen LogP contribution is -2.38. The number of alkyl halides is 4. The molecule has 1 aliphatic carbocycles. The van der Waals surface area contributed by atoms with Crippen LogP contribution in [-0.2, 0) is 11.3 Å². The summed E-state index contributed by atoms with van der Waals surface area (Å²) < 4.78 is 86.4. The molecule has 0 bridgehead atoms. The topological polar surface area (TPSA) is 121 Å². The zero-order chi connectivity index (χ0) is 30.6. The molecule has 0 radical (unpaired) electrons. The molecule has 2 heterocycles. The number of rotatable bonds is 11. The molecule has 226 valence electrons. The van der Waals surface area contributed by atoms with Crippen LogP contribution < -0.4 is 20.7 Å². The molecule has 9 nitrogen and oxygen atoms in total. The van der Waals surface area contributed by atoms with Gasteiger partial charge in [-0.25, -0.2) is 31.3 Å². The van der Waals surface area contributed by atoms with E-state index in [1.807, 2.05) is 0 Å². The Labute approximate surface area is 236 Å². The second-order valence-corrected chi connectivity index (χ2v) is 9.90. The fourth-order valence-electron chi connectivity index (χ4n) is 4.47. The van der Waals surface area contributed by atoms with E-state index < -0.39 is 66.4 Å². The van der Waals surface area contributed by atoms with Gasteiger partial charge in [-0.15, -0.1) is 0 Å². The van der Waals surface area contributed by atoms with Gasteiger partial charge in [0.05, 0.1) is 0 Å².